The monoisotopic (exact) mass is 400 g/mol. The molecule has 0 radical (unpaired) electrons. The van der Waals surface area contributed by atoms with Gasteiger partial charge in [-0.1, -0.05) is 13.0 Å². The summed E-state index contributed by atoms with van der Waals surface area (Å²) in [5.41, 5.74) is 1.44. The lowest BCUT2D eigenvalue weighted by molar-refractivity contribution is -0.112. The molecule has 2 aromatic rings. The molecule has 7 heteroatoms. The molecule has 0 fully saturated rings. The standard InChI is InChI=1S/C20H20N2O3S2/c1-3-25-20(24)17-15-7-6-12(2)9-16(15)27-19(17)22-18(23)13(11-21)10-14-5-4-8-26-14/h4-5,8,10,12H,3,6-7,9H2,1-2H3,(H,22,23)/b13-10-/t12-/m1/s1. The van der Waals surface area contributed by atoms with Crippen molar-refractivity contribution >= 4 is 45.6 Å². The molecule has 0 aromatic carbocycles. The summed E-state index contributed by atoms with van der Waals surface area (Å²) in [6, 6.07) is 5.64. The van der Waals surface area contributed by atoms with Crippen LogP contribution in [0.15, 0.2) is 23.1 Å². The Labute approximate surface area is 166 Å². The highest BCUT2D eigenvalue weighted by Gasteiger charge is 2.29. The second-order valence-corrected chi connectivity index (χ2v) is 8.50. The van der Waals surface area contributed by atoms with Gasteiger partial charge in [0.05, 0.1) is 12.2 Å². The smallest absolute Gasteiger partial charge is 0.341 e. The number of ether oxygens (including phenoxy) is 1. The first-order valence-corrected chi connectivity index (χ1v) is 10.5. The number of thiophene rings is 2. The number of esters is 1. The van der Waals surface area contributed by atoms with E-state index in [0.29, 0.717) is 16.5 Å². The third kappa shape index (κ3) is 4.29. The topological polar surface area (TPSA) is 79.2 Å². The predicted octanol–water partition coefficient (Wildman–Crippen LogP) is 4.66. The number of anilines is 1. The van der Waals surface area contributed by atoms with Crippen LogP contribution in [0, 0.1) is 17.2 Å². The molecule has 0 unspecified atom stereocenters. The van der Waals surface area contributed by atoms with E-state index in [2.05, 4.69) is 12.2 Å². The van der Waals surface area contributed by atoms with Crippen molar-refractivity contribution in [2.45, 2.75) is 33.1 Å². The third-order valence-electron chi connectivity index (χ3n) is 4.41. The highest BCUT2D eigenvalue weighted by Crippen LogP contribution is 2.40. The zero-order valence-corrected chi connectivity index (χ0v) is 16.8. The summed E-state index contributed by atoms with van der Waals surface area (Å²) in [4.78, 5) is 27.1. The maximum atomic E-state index is 12.6. The van der Waals surface area contributed by atoms with Crippen LogP contribution in [0.4, 0.5) is 5.00 Å². The largest absolute Gasteiger partial charge is 0.462 e. The molecule has 1 aliphatic carbocycles. The molecule has 27 heavy (non-hydrogen) atoms. The number of amides is 1. The molecule has 1 atom stereocenters. The van der Waals surface area contributed by atoms with E-state index >= 15 is 0 Å². The van der Waals surface area contributed by atoms with Crippen LogP contribution in [-0.4, -0.2) is 18.5 Å². The van der Waals surface area contributed by atoms with Crippen molar-refractivity contribution in [3.05, 3.63) is 44.0 Å². The van der Waals surface area contributed by atoms with Crippen LogP contribution in [0.1, 0.15) is 45.9 Å². The summed E-state index contributed by atoms with van der Waals surface area (Å²) in [5.74, 6) is -0.383. The molecular formula is C20H20N2O3S2. The first kappa shape index (κ1) is 19.3. The SMILES string of the molecule is CCOC(=O)c1c(NC(=O)/C(C#N)=C\c2cccs2)sc2c1CC[C@@H](C)C2. The van der Waals surface area contributed by atoms with Crippen LogP contribution in [0.25, 0.3) is 6.08 Å². The molecule has 1 aliphatic rings. The van der Waals surface area contributed by atoms with E-state index in [1.807, 2.05) is 23.6 Å². The Morgan fingerprint density at radius 2 is 2.30 bits per heavy atom. The van der Waals surface area contributed by atoms with Gasteiger partial charge in [0, 0.05) is 9.75 Å². The van der Waals surface area contributed by atoms with Crippen LogP contribution in [0.2, 0.25) is 0 Å². The molecule has 140 valence electrons. The fourth-order valence-electron chi connectivity index (χ4n) is 3.09. The van der Waals surface area contributed by atoms with E-state index in [1.54, 1.807) is 13.0 Å². The van der Waals surface area contributed by atoms with Gasteiger partial charge in [-0.2, -0.15) is 5.26 Å². The molecule has 0 bridgehead atoms. The molecule has 5 nitrogen and oxygen atoms in total. The summed E-state index contributed by atoms with van der Waals surface area (Å²) in [6.45, 7) is 4.21. The fourth-order valence-corrected chi connectivity index (χ4v) is 5.14. The van der Waals surface area contributed by atoms with Gasteiger partial charge in [0.25, 0.3) is 5.91 Å². The Bertz CT molecular complexity index is 920. The molecule has 1 amide bonds. The molecule has 1 N–H and O–H groups in total. The van der Waals surface area contributed by atoms with Gasteiger partial charge < -0.3 is 10.1 Å². The second kappa shape index (κ2) is 8.51. The van der Waals surface area contributed by atoms with Crippen LogP contribution < -0.4 is 5.32 Å². The van der Waals surface area contributed by atoms with Crippen LogP contribution in [-0.2, 0) is 22.4 Å². The van der Waals surface area contributed by atoms with Gasteiger partial charge in [0.1, 0.15) is 16.6 Å². The van der Waals surface area contributed by atoms with E-state index in [9.17, 15) is 14.9 Å². The van der Waals surface area contributed by atoms with E-state index in [-0.39, 0.29) is 12.2 Å². The van der Waals surface area contributed by atoms with Crippen molar-refractivity contribution in [3.8, 4) is 6.07 Å². The molecule has 0 saturated carbocycles. The molecule has 3 rings (SSSR count). The minimum atomic E-state index is -0.511. The van der Waals surface area contributed by atoms with Gasteiger partial charge >= 0.3 is 5.97 Å². The van der Waals surface area contributed by atoms with Gasteiger partial charge in [-0.05, 0) is 55.2 Å². The van der Waals surface area contributed by atoms with Gasteiger partial charge in [0.15, 0.2) is 0 Å². The van der Waals surface area contributed by atoms with Crippen molar-refractivity contribution in [1.29, 1.82) is 5.26 Å². The molecular weight excluding hydrogens is 380 g/mol. The highest BCUT2D eigenvalue weighted by atomic mass is 32.1. The lowest BCUT2D eigenvalue weighted by Crippen LogP contribution is -2.17. The first-order chi connectivity index (χ1) is 13.0. The van der Waals surface area contributed by atoms with Gasteiger partial charge in [-0.3, -0.25) is 4.79 Å². The first-order valence-electron chi connectivity index (χ1n) is 8.81. The van der Waals surface area contributed by atoms with E-state index in [4.69, 9.17) is 4.74 Å². The van der Waals surface area contributed by atoms with Crippen molar-refractivity contribution in [1.82, 2.24) is 0 Å². The average molecular weight is 401 g/mol. The van der Waals surface area contributed by atoms with Crippen LogP contribution >= 0.6 is 22.7 Å². The predicted molar refractivity (Wildman–Crippen MR) is 108 cm³/mol. The van der Waals surface area contributed by atoms with Crippen molar-refractivity contribution in [2.24, 2.45) is 5.92 Å². The number of nitriles is 1. The number of nitrogens with one attached hydrogen (secondary N) is 1. The summed E-state index contributed by atoms with van der Waals surface area (Å²) in [7, 11) is 0. The average Bonchev–Trinajstić information content (AvgIpc) is 3.26. The number of nitrogens with zero attached hydrogens (tertiary/aromatic N) is 1. The maximum absolute atomic E-state index is 12.6. The quantitative estimate of drug-likeness (QED) is 0.450. The Hall–Kier alpha value is -2.43. The number of hydrogen-bond acceptors (Lipinski definition) is 6. The second-order valence-electron chi connectivity index (χ2n) is 6.42. The van der Waals surface area contributed by atoms with Crippen molar-refractivity contribution in [3.63, 3.8) is 0 Å². The molecule has 0 aliphatic heterocycles. The van der Waals surface area contributed by atoms with Crippen molar-refractivity contribution in [2.75, 3.05) is 11.9 Å². The Balaban J connectivity index is 1.92. The Kier molecular flexibility index (Phi) is 6.09. The zero-order valence-electron chi connectivity index (χ0n) is 15.2. The summed E-state index contributed by atoms with van der Waals surface area (Å²) in [6.07, 6.45) is 4.25. The number of carbonyl (C=O) groups excluding carboxylic acids is 2. The number of hydrogen-bond donors (Lipinski definition) is 1. The van der Waals surface area contributed by atoms with Gasteiger partial charge in [-0.25, -0.2) is 4.79 Å². The number of fused-ring (bicyclic) bond motifs is 1. The lowest BCUT2D eigenvalue weighted by atomic mass is 9.88. The van der Waals surface area contributed by atoms with E-state index in [0.717, 1.165) is 34.6 Å². The zero-order chi connectivity index (χ0) is 19.4. The minimum absolute atomic E-state index is 0.00648. The number of carbonyl (C=O) groups is 2. The molecule has 2 aromatic heterocycles. The fraction of sp³-hybridized carbons (Fsp3) is 0.350. The minimum Gasteiger partial charge on any atom is -0.462 e. The molecule has 2 heterocycles. The molecule has 0 spiro atoms. The summed E-state index contributed by atoms with van der Waals surface area (Å²) >= 11 is 2.87. The lowest BCUT2D eigenvalue weighted by Gasteiger charge is -2.18. The van der Waals surface area contributed by atoms with Gasteiger partial charge in [-0.15, -0.1) is 22.7 Å². The van der Waals surface area contributed by atoms with Crippen LogP contribution in [0.3, 0.4) is 0 Å². The van der Waals surface area contributed by atoms with E-state index < -0.39 is 11.9 Å². The Morgan fingerprint density at radius 1 is 1.48 bits per heavy atom. The van der Waals surface area contributed by atoms with Gasteiger partial charge in [0.2, 0.25) is 0 Å². The maximum Gasteiger partial charge on any atom is 0.341 e. The Morgan fingerprint density at radius 3 is 2.96 bits per heavy atom. The van der Waals surface area contributed by atoms with Crippen LogP contribution in [0.5, 0.6) is 0 Å². The van der Waals surface area contributed by atoms with E-state index in [1.165, 1.54) is 22.7 Å². The highest BCUT2D eigenvalue weighted by molar-refractivity contribution is 7.17. The van der Waals surface area contributed by atoms with Crippen molar-refractivity contribution < 1.29 is 14.3 Å². The number of rotatable bonds is 5. The third-order valence-corrected chi connectivity index (χ3v) is 6.40. The normalized spacial score (nSPS) is 16.3. The summed E-state index contributed by atoms with van der Waals surface area (Å²) in [5, 5.41) is 14.5. The molecule has 0 saturated heterocycles. The summed E-state index contributed by atoms with van der Waals surface area (Å²) < 4.78 is 5.21.